The lowest BCUT2D eigenvalue weighted by Gasteiger charge is -2.32. The molecule has 2 atom stereocenters. The number of aromatic nitrogens is 1. The van der Waals surface area contributed by atoms with E-state index in [9.17, 15) is 17.9 Å². The Bertz CT molecular complexity index is 1230. The van der Waals surface area contributed by atoms with Crippen LogP contribution in [0.2, 0.25) is 0 Å². The van der Waals surface area contributed by atoms with E-state index in [2.05, 4.69) is 15.4 Å². The average molecular weight is 547 g/mol. The van der Waals surface area contributed by atoms with Crippen LogP contribution in [0.1, 0.15) is 44.1 Å². The van der Waals surface area contributed by atoms with Crippen molar-refractivity contribution in [3.05, 3.63) is 54.0 Å². The number of carbonyl (C=O) groups is 1. The van der Waals surface area contributed by atoms with E-state index in [4.69, 9.17) is 4.52 Å². The van der Waals surface area contributed by atoms with Crippen molar-refractivity contribution in [2.45, 2.75) is 51.0 Å². The van der Waals surface area contributed by atoms with E-state index in [1.165, 1.54) is 34.4 Å². The van der Waals surface area contributed by atoms with Crippen molar-refractivity contribution in [3.63, 3.8) is 0 Å². The number of rotatable bonds is 10. The van der Waals surface area contributed by atoms with Gasteiger partial charge in [0.15, 0.2) is 0 Å². The number of carbonyl (C=O) groups excluding carboxylic acids is 1. The summed E-state index contributed by atoms with van der Waals surface area (Å²) in [5.74, 6) is -0.175. The highest BCUT2D eigenvalue weighted by molar-refractivity contribution is 7.81. The minimum absolute atomic E-state index is 0.239. The molecule has 1 aliphatic heterocycles. The molecular formula is C26H31FN4O4S2. The van der Waals surface area contributed by atoms with Crippen molar-refractivity contribution in [2.75, 3.05) is 28.8 Å². The molecule has 11 heteroatoms. The highest BCUT2D eigenvalue weighted by atomic mass is 32.2. The summed E-state index contributed by atoms with van der Waals surface area (Å²) in [7, 11) is 0. The van der Waals surface area contributed by atoms with Gasteiger partial charge < -0.3 is 14.7 Å². The van der Waals surface area contributed by atoms with E-state index in [-0.39, 0.29) is 11.7 Å². The summed E-state index contributed by atoms with van der Waals surface area (Å²) < 4.78 is 42.8. The molecule has 37 heavy (non-hydrogen) atoms. The Hall–Kier alpha value is -2.76. The van der Waals surface area contributed by atoms with Gasteiger partial charge in [0, 0.05) is 31.4 Å². The molecule has 0 saturated heterocycles. The monoisotopic (exact) mass is 546 g/mol. The Kier molecular flexibility index (Phi) is 8.21. The molecule has 1 amide bonds. The molecule has 1 saturated carbocycles. The molecule has 3 aromatic rings. The van der Waals surface area contributed by atoms with Crippen molar-refractivity contribution in [1.29, 1.82) is 0 Å². The molecule has 1 aromatic carbocycles. The third-order valence-electron chi connectivity index (χ3n) is 7.25. The van der Waals surface area contributed by atoms with Gasteiger partial charge in [0.05, 0.1) is 4.88 Å². The fourth-order valence-electron chi connectivity index (χ4n) is 5.41. The van der Waals surface area contributed by atoms with Gasteiger partial charge in [0.25, 0.3) is 11.3 Å². The maximum absolute atomic E-state index is 13.6. The molecule has 0 bridgehead atoms. The Morgan fingerprint density at radius 3 is 2.86 bits per heavy atom. The topological polar surface area (TPSA) is 98.9 Å². The molecule has 0 spiro atoms. The molecule has 2 N–H and O–H groups in total. The summed E-state index contributed by atoms with van der Waals surface area (Å²) >= 11 is -1.09. The Morgan fingerprint density at radius 2 is 2.11 bits per heavy atom. The molecule has 1 fully saturated rings. The van der Waals surface area contributed by atoms with Crippen molar-refractivity contribution in [2.24, 2.45) is 5.92 Å². The summed E-state index contributed by atoms with van der Waals surface area (Å²) in [6.07, 6.45) is 8.23. The van der Waals surface area contributed by atoms with Crippen LogP contribution < -0.4 is 14.5 Å². The fraction of sp³-hybridized carbons (Fsp3) is 0.462. The average Bonchev–Trinajstić information content (AvgIpc) is 3.65. The molecule has 0 radical (unpaired) electrons. The minimum Gasteiger partial charge on any atom is -0.369 e. The number of fused-ring (bicyclic) bond motifs is 1. The number of nitrogens with one attached hydrogen (secondary N) is 1. The Morgan fingerprint density at radius 1 is 1.27 bits per heavy atom. The molecule has 2 unspecified atom stereocenters. The predicted octanol–water partition coefficient (Wildman–Crippen LogP) is 5.00. The van der Waals surface area contributed by atoms with Crippen molar-refractivity contribution in [3.8, 4) is 10.6 Å². The van der Waals surface area contributed by atoms with E-state index in [1.54, 1.807) is 24.3 Å². The van der Waals surface area contributed by atoms with Crippen molar-refractivity contribution < 1.29 is 22.5 Å². The Labute approximate surface area is 222 Å². The van der Waals surface area contributed by atoms with Crippen LogP contribution in [0.5, 0.6) is 0 Å². The first-order valence-corrected chi connectivity index (χ1v) is 14.6. The number of thiophene rings is 1. The SMILES string of the molecule is O=C(NCCN1CCc2cc(F)ccc21)C(CC1CCCCC1)N(c1ccc(-c2ccon2)s1)S(=O)O. The summed E-state index contributed by atoms with van der Waals surface area (Å²) in [5, 5.41) is 7.50. The second kappa shape index (κ2) is 11.7. The first-order valence-electron chi connectivity index (χ1n) is 12.7. The zero-order valence-corrected chi connectivity index (χ0v) is 22.1. The number of anilines is 2. The van der Waals surface area contributed by atoms with Crippen LogP contribution in [-0.2, 0) is 22.5 Å². The zero-order chi connectivity index (χ0) is 25.8. The number of nitrogens with zero attached hydrogens (tertiary/aromatic N) is 3. The van der Waals surface area contributed by atoms with Crippen LogP contribution in [0.3, 0.4) is 0 Å². The van der Waals surface area contributed by atoms with Crippen LogP contribution >= 0.6 is 11.3 Å². The van der Waals surface area contributed by atoms with Gasteiger partial charge in [-0.3, -0.25) is 9.35 Å². The summed E-state index contributed by atoms with van der Waals surface area (Å²) in [6.45, 7) is 1.74. The lowest BCUT2D eigenvalue weighted by atomic mass is 9.84. The lowest BCUT2D eigenvalue weighted by Crippen LogP contribution is -2.50. The molecule has 1 aliphatic carbocycles. The number of amides is 1. The van der Waals surface area contributed by atoms with Gasteiger partial charge in [-0.2, -0.15) is 0 Å². The lowest BCUT2D eigenvalue weighted by molar-refractivity contribution is -0.122. The van der Waals surface area contributed by atoms with Gasteiger partial charge in [0.2, 0.25) is 5.91 Å². The summed E-state index contributed by atoms with van der Waals surface area (Å²) in [6, 6.07) is 9.33. The van der Waals surface area contributed by atoms with E-state index < -0.39 is 17.3 Å². The van der Waals surface area contributed by atoms with Gasteiger partial charge in [0.1, 0.15) is 28.8 Å². The van der Waals surface area contributed by atoms with E-state index in [1.807, 2.05) is 6.07 Å². The van der Waals surface area contributed by atoms with Crippen LogP contribution in [-0.4, -0.2) is 45.5 Å². The molecule has 5 rings (SSSR count). The summed E-state index contributed by atoms with van der Waals surface area (Å²) in [5.41, 5.74) is 2.61. The largest absolute Gasteiger partial charge is 0.369 e. The molecule has 2 aromatic heterocycles. The summed E-state index contributed by atoms with van der Waals surface area (Å²) in [4.78, 5) is 16.5. The number of hydrogen-bond acceptors (Lipinski definition) is 6. The second-order valence-corrected chi connectivity index (χ2v) is 11.6. The van der Waals surface area contributed by atoms with E-state index in [0.29, 0.717) is 36.1 Å². The van der Waals surface area contributed by atoms with E-state index in [0.717, 1.165) is 54.8 Å². The number of benzene rings is 1. The third kappa shape index (κ3) is 6.05. The smallest absolute Gasteiger partial charge is 0.263 e. The predicted molar refractivity (Wildman–Crippen MR) is 143 cm³/mol. The van der Waals surface area contributed by atoms with Crippen molar-refractivity contribution in [1.82, 2.24) is 10.5 Å². The maximum Gasteiger partial charge on any atom is 0.263 e. The minimum atomic E-state index is -2.39. The highest BCUT2D eigenvalue weighted by Gasteiger charge is 2.34. The highest BCUT2D eigenvalue weighted by Crippen LogP contribution is 2.37. The van der Waals surface area contributed by atoms with Crippen LogP contribution in [0.4, 0.5) is 15.1 Å². The zero-order valence-electron chi connectivity index (χ0n) is 20.5. The molecule has 198 valence electrons. The molecular weight excluding hydrogens is 515 g/mol. The van der Waals surface area contributed by atoms with Crippen LogP contribution in [0.25, 0.3) is 10.6 Å². The third-order valence-corrected chi connectivity index (χ3v) is 9.26. The first-order chi connectivity index (χ1) is 18.0. The quantitative estimate of drug-likeness (QED) is 0.347. The van der Waals surface area contributed by atoms with Gasteiger partial charge in [-0.15, -0.1) is 11.3 Å². The van der Waals surface area contributed by atoms with Crippen molar-refractivity contribution >= 4 is 39.2 Å². The molecule has 2 aliphatic rings. The van der Waals surface area contributed by atoms with Crippen LogP contribution in [0.15, 0.2) is 47.2 Å². The normalized spacial score (nSPS) is 17.4. The Balaban J connectivity index is 1.31. The molecule has 8 nitrogen and oxygen atoms in total. The van der Waals surface area contributed by atoms with E-state index >= 15 is 0 Å². The number of halogens is 1. The first kappa shape index (κ1) is 25.9. The van der Waals surface area contributed by atoms with Crippen LogP contribution in [0, 0.1) is 11.7 Å². The van der Waals surface area contributed by atoms with Gasteiger partial charge in [-0.25, -0.2) is 12.9 Å². The standard InChI is InChI=1S/C26H31FN4O4S2/c27-20-6-7-22-19(17-20)10-13-30(22)14-12-28-26(32)23(16-18-4-2-1-3-5-18)31(37(33)34)25-9-8-24(36-25)21-11-15-35-29-21/h6-9,11,15,17-18,23H,1-5,10,12-14,16H2,(H,28,32)(H,33,34). The number of hydrogen-bond donors (Lipinski definition) is 2. The van der Waals surface area contributed by atoms with Gasteiger partial charge in [-0.05, 0) is 54.7 Å². The fourth-order valence-corrected chi connectivity index (χ4v) is 7.26. The second-order valence-electron chi connectivity index (χ2n) is 9.64. The molecule has 3 heterocycles. The maximum atomic E-state index is 13.6. The van der Waals surface area contributed by atoms with Gasteiger partial charge >= 0.3 is 0 Å². The van der Waals surface area contributed by atoms with Gasteiger partial charge in [-0.1, -0.05) is 37.3 Å².